The molecule has 2 aliphatic carbocycles. The van der Waals surface area contributed by atoms with Gasteiger partial charge in [-0.15, -0.1) is 0 Å². The Balaban J connectivity index is 1.31. The smallest absolute Gasteiger partial charge is 0.0625 e. The van der Waals surface area contributed by atoms with E-state index >= 15 is 0 Å². The molecule has 0 aromatic carbocycles. The summed E-state index contributed by atoms with van der Waals surface area (Å²) in [5.41, 5.74) is 0. The van der Waals surface area contributed by atoms with Crippen LogP contribution in [0.2, 0.25) is 0 Å². The molecule has 1 saturated heterocycles. The molecule has 0 radical (unpaired) electrons. The molecule has 0 spiro atoms. The summed E-state index contributed by atoms with van der Waals surface area (Å²) in [7, 11) is 0. The fourth-order valence-corrected chi connectivity index (χ4v) is 3.56. The Bertz CT molecular complexity index is 266. The van der Waals surface area contributed by atoms with Crippen LogP contribution in [0.1, 0.15) is 52.4 Å². The van der Waals surface area contributed by atoms with E-state index in [1.807, 2.05) is 0 Å². The van der Waals surface area contributed by atoms with E-state index < -0.39 is 0 Å². The van der Waals surface area contributed by atoms with Crippen LogP contribution in [0.4, 0.5) is 0 Å². The summed E-state index contributed by atoms with van der Waals surface area (Å²) in [6, 6.07) is 0.802. The molecule has 3 aliphatic rings. The normalized spacial score (nSPS) is 35.8. The summed E-state index contributed by atoms with van der Waals surface area (Å²) in [5, 5.41) is 3.75. The number of hydrogen-bond donors (Lipinski definition) is 1. The van der Waals surface area contributed by atoms with Crippen LogP contribution < -0.4 is 5.32 Å². The first-order chi connectivity index (χ1) is 9.22. The first kappa shape index (κ1) is 13.8. The molecular weight excluding hydrogens is 238 g/mol. The van der Waals surface area contributed by atoms with Crippen LogP contribution in [-0.4, -0.2) is 37.5 Å². The number of hydrogen-bond acceptors (Lipinski definition) is 3. The topological polar surface area (TPSA) is 30.5 Å². The second-order valence-electron chi connectivity index (χ2n) is 6.88. The van der Waals surface area contributed by atoms with Crippen LogP contribution in [0.5, 0.6) is 0 Å². The van der Waals surface area contributed by atoms with Gasteiger partial charge in [0.15, 0.2) is 0 Å². The first-order valence-electron chi connectivity index (χ1n) is 8.23. The molecule has 0 amide bonds. The van der Waals surface area contributed by atoms with E-state index in [9.17, 15) is 0 Å². The van der Waals surface area contributed by atoms with Gasteiger partial charge in [0, 0.05) is 12.6 Å². The molecule has 0 aromatic rings. The van der Waals surface area contributed by atoms with Gasteiger partial charge in [-0.25, -0.2) is 0 Å². The highest BCUT2D eigenvalue weighted by atomic mass is 16.5. The van der Waals surface area contributed by atoms with Gasteiger partial charge in [0.1, 0.15) is 0 Å². The van der Waals surface area contributed by atoms with Gasteiger partial charge in [-0.05, 0) is 64.2 Å². The molecule has 19 heavy (non-hydrogen) atoms. The molecule has 3 rings (SSSR count). The van der Waals surface area contributed by atoms with Crippen LogP contribution in [0.3, 0.4) is 0 Å². The van der Waals surface area contributed by atoms with Gasteiger partial charge in [-0.1, -0.05) is 0 Å². The van der Waals surface area contributed by atoms with Crippen LogP contribution in [0.15, 0.2) is 0 Å². The van der Waals surface area contributed by atoms with Crippen molar-refractivity contribution in [1.82, 2.24) is 5.32 Å². The SMILES string of the molecule is CC1CC(OCCNC(C2CC2)C2CC2)CC(C)O1. The van der Waals surface area contributed by atoms with Gasteiger partial charge in [-0.3, -0.25) is 0 Å². The second kappa shape index (κ2) is 6.11. The summed E-state index contributed by atoms with van der Waals surface area (Å²) >= 11 is 0. The number of rotatable bonds is 7. The van der Waals surface area contributed by atoms with E-state index in [-0.39, 0.29) is 0 Å². The lowest BCUT2D eigenvalue weighted by Gasteiger charge is -2.32. The molecule has 3 nitrogen and oxygen atoms in total. The highest BCUT2D eigenvalue weighted by Crippen LogP contribution is 2.44. The summed E-state index contributed by atoms with van der Waals surface area (Å²) < 4.78 is 11.8. The third-order valence-corrected chi connectivity index (χ3v) is 4.75. The maximum Gasteiger partial charge on any atom is 0.0625 e. The Morgan fingerprint density at radius 1 is 1.05 bits per heavy atom. The lowest BCUT2D eigenvalue weighted by molar-refractivity contribution is -0.101. The third kappa shape index (κ3) is 4.17. The summed E-state index contributed by atoms with van der Waals surface area (Å²) in [5.74, 6) is 1.96. The molecule has 110 valence electrons. The molecule has 2 atom stereocenters. The van der Waals surface area contributed by atoms with Gasteiger partial charge >= 0.3 is 0 Å². The fourth-order valence-electron chi connectivity index (χ4n) is 3.56. The summed E-state index contributed by atoms with van der Waals surface area (Å²) in [4.78, 5) is 0. The number of ether oxygens (including phenoxy) is 2. The highest BCUT2D eigenvalue weighted by Gasteiger charge is 2.40. The average Bonchev–Trinajstić information content (AvgIpc) is 3.22. The molecule has 3 heteroatoms. The van der Waals surface area contributed by atoms with Crippen molar-refractivity contribution < 1.29 is 9.47 Å². The van der Waals surface area contributed by atoms with E-state index in [2.05, 4.69) is 19.2 Å². The van der Waals surface area contributed by atoms with Crippen molar-refractivity contribution in [3.63, 3.8) is 0 Å². The van der Waals surface area contributed by atoms with E-state index in [4.69, 9.17) is 9.47 Å². The van der Waals surface area contributed by atoms with Crippen LogP contribution in [0, 0.1) is 11.8 Å². The molecule has 2 unspecified atom stereocenters. The lowest BCUT2D eigenvalue weighted by atomic mass is 10.0. The maximum absolute atomic E-state index is 6.03. The quantitative estimate of drug-likeness (QED) is 0.720. The van der Waals surface area contributed by atoms with Crippen LogP contribution in [-0.2, 0) is 9.47 Å². The van der Waals surface area contributed by atoms with E-state index in [1.54, 1.807) is 0 Å². The van der Waals surface area contributed by atoms with Crippen molar-refractivity contribution >= 4 is 0 Å². The Morgan fingerprint density at radius 2 is 1.63 bits per heavy atom. The Hall–Kier alpha value is -0.120. The van der Waals surface area contributed by atoms with Gasteiger partial charge < -0.3 is 14.8 Å². The maximum atomic E-state index is 6.03. The third-order valence-electron chi connectivity index (χ3n) is 4.75. The highest BCUT2D eigenvalue weighted by molar-refractivity contribution is 4.96. The predicted octanol–water partition coefficient (Wildman–Crippen LogP) is 2.74. The molecule has 1 aliphatic heterocycles. The van der Waals surface area contributed by atoms with Gasteiger partial charge in [0.2, 0.25) is 0 Å². The molecule has 3 fully saturated rings. The minimum absolute atomic E-state index is 0.354. The molecule has 2 saturated carbocycles. The molecule has 1 N–H and O–H groups in total. The van der Waals surface area contributed by atoms with Crippen LogP contribution >= 0.6 is 0 Å². The Labute approximate surface area is 117 Å². The second-order valence-corrected chi connectivity index (χ2v) is 6.88. The monoisotopic (exact) mass is 267 g/mol. The summed E-state index contributed by atoms with van der Waals surface area (Å²) in [6.45, 7) is 6.19. The zero-order valence-electron chi connectivity index (χ0n) is 12.4. The first-order valence-corrected chi connectivity index (χ1v) is 8.23. The Kier molecular flexibility index (Phi) is 4.45. The van der Waals surface area contributed by atoms with E-state index in [1.165, 1.54) is 25.7 Å². The van der Waals surface area contributed by atoms with Gasteiger partial charge in [0.25, 0.3) is 0 Å². The average molecular weight is 267 g/mol. The molecule has 1 heterocycles. The van der Waals surface area contributed by atoms with Crippen molar-refractivity contribution in [3.05, 3.63) is 0 Å². The van der Waals surface area contributed by atoms with E-state index in [0.29, 0.717) is 18.3 Å². The summed E-state index contributed by atoms with van der Waals surface area (Å²) in [6.07, 6.45) is 9.01. The lowest BCUT2D eigenvalue weighted by Crippen LogP contribution is -2.38. The molecule has 0 bridgehead atoms. The van der Waals surface area contributed by atoms with Crippen molar-refractivity contribution in [2.45, 2.75) is 76.7 Å². The fraction of sp³-hybridized carbons (Fsp3) is 1.00. The molecule has 0 aromatic heterocycles. The molecular formula is C16H29NO2. The van der Waals surface area contributed by atoms with Gasteiger partial charge in [0.05, 0.1) is 24.9 Å². The van der Waals surface area contributed by atoms with E-state index in [0.717, 1.165) is 43.9 Å². The largest absolute Gasteiger partial charge is 0.377 e. The zero-order valence-corrected chi connectivity index (χ0v) is 12.4. The van der Waals surface area contributed by atoms with Crippen molar-refractivity contribution in [2.24, 2.45) is 11.8 Å². The minimum atomic E-state index is 0.354. The van der Waals surface area contributed by atoms with Crippen molar-refractivity contribution in [1.29, 1.82) is 0 Å². The standard InChI is InChI=1S/C16H29NO2/c1-11-9-15(10-12(2)19-11)18-8-7-17-16(13-3-4-13)14-5-6-14/h11-17H,3-10H2,1-2H3. The van der Waals surface area contributed by atoms with Crippen LogP contribution in [0.25, 0.3) is 0 Å². The Morgan fingerprint density at radius 3 is 2.16 bits per heavy atom. The van der Waals surface area contributed by atoms with Gasteiger partial charge in [-0.2, -0.15) is 0 Å². The number of nitrogens with one attached hydrogen (secondary N) is 1. The minimum Gasteiger partial charge on any atom is -0.377 e. The van der Waals surface area contributed by atoms with Crippen molar-refractivity contribution in [3.8, 4) is 0 Å². The predicted molar refractivity (Wildman–Crippen MR) is 76.2 cm³/mol. The zero-order chi connectivity index (χ0) is 13.2. The van der Waals surface area contributed by atoms with Crippen molar-refractivity contribution in [2.75, 3.05) is 13.2 Å².